The van der Waals surface area contributed by atoms with Crippen molar-refractivity contribution in [3.05, 3.63) is 0 Å². The zero-order chi connectivity index (χ0) is 15.8. The maximum Gasteiger partial charge on any atom is 0.307 e. The van der Waals surface area contributed by atoms with Gasteiger partial charge in [0.15, 0.2) is 0 Å². The first-order valence-electron chi connectivity index (χ1n) is 8.29. The summed E-state index contributed by atoms with van der Waals surface area (Å²) < 4.78 is 0. The van der Waals surface area contributed by atoms with Crippen LogP contribution in [0.4, 0.5) is 0 Å². The van der Waals surface area contributed by atoms with Crippen molar-refractivity contribution in [3.8, 4) is 0 Å². The standard InChI is InChI=1S/C16H30N2O3/c1-4-17(5-2)11-8-12-18(6-3)15(19)13-9-7-10-14(13)16(20)21/h13-14H,4-12H2,1-3H3,(H,20,21)/t13-,14+/m1/s1. The van der Waals surface area contributed by atoms with Gasteiger partial charge in [-0.05, 0) is 45.8 Å². The lowest BCUT2D eigenvalue weighted by atomic mass is 9.94. The molecule has 0 aromatic heterocycles. The number of carbonyl (C=O) groups is 2. The summed E-state index contributed by atoms with van der Waals surface area (Å²) in [6.45, 7) is 10.7. The van der Waals surface area contributed by atoms with E-state index in [0.29, 0.717) is 13.0 Å². The highest BCUT2D eigenvalue weighted by Gasteiger charge is 2.39. The molecule has 1 rings (SSSR count). The molecule has 0 aromatic carbocycles. The Bertz CT molecular complexity index is 342. The smallest absolute Gasteiger partial charge is 0.307 e. The molecule has 0 radical (unpaired) electrons. The second-order valence-corrected chi connectivity index (χ2v) is 5.78. The molecule has 0 saturated heterocycles. The van der Waals surface area contributed by atoms with E-state index >= 15 is 0 Å². The molecule has 21 heavy (non-hydrogen) atoms. The van der Waals surface area contributed by atoms with E-state index in [9.17, 15) is 14.7 Å². The number of carboxylic acids is 1. The van der Waals surface area contributed by atoms with Gasteiger partial charge in [-0.2, -0.15) is 0 Å². The first-order chi connectivity index (χ1) is 10.0. The van der Waals surface area contributed by atoms with Crippen molar-refractivity contribution in [2.75, 3.05) is 32.7 Å². The second-order valence-electron chi connectivity index (χ2n) is 5.78. The fraction of sp³-hybridized carbons (Fsp3) is 0.875. The molecular weight excluding hydrogens is 268 g/mol. The van der Waals surface area contributed by atoms with Crippen molar-refractivity contribution >= 4 is 11.9 Å². The molecule has 1 saturated carbocycles. The number of nitrogens with zero attached hydrogens (tertiary/aromatic N) is 2. The maximum absolute atomic E-state index is 12.6. The zero-order valence-electron chi connectivity index (χ0n) is 13.7. The minimum absolute atomic E-state index is 0.0435. The second kappa shape index (κ2) is 9.03. The van der Waals surface area contributed by atoms with Crippen LogP contribution in [0.1, 0.15) is 46.5 Å². The zero-order valence-corrected chi connectivity index (χ0v) is 13.7. The summed E-state index contributed by atoms with van der Waals surface area (Å²) >= 11 is 0. The van der Waals surface area contributed by atoms with Gasteiger partial charge < -0.3 is 14.9 Å². The number of aliphatic carboxylic acids is 1. The number of hydrogen-bond acceptors (Lipinski definition) is 3. The van der Waals surface area contributed by atoms with Gasteiger partial charge in [0.25, 0.3) is 0 Å². The van der Waals surface area contributed by atoms with Crippen molar-refractivity contribution in [2.24, 2.45) is 11.8 Å². The first-order valence-corrected chi connectivity index (χ1v) is 8.29. The molecule has 122 valence electrons. The van der Waals surface area contributed by atoms with Crippen molar-refractivity contribution in [3.63, 3.8) is 0 Å². The summed E-state index contributed by atoms with van der Waals surface area (Å²) in [5, 5.41) is 9.22. The van der Waals surface area contributed by atoms with Gasteiger partial charge in [0, 0.05) is 13.1 Å². The third-order valence-electron chi connectivity index (χ3n) is 4.64. The van der Waals surface area contributed by atoms with Crippen LogP contribution in [0, 0.1) is 11.8 Å². The Hall–Kier alpha value is -1.10. The molecule has 1 aliphatic rings. The molecule has 0 aliphatic heterocycles. The molecule has 2 atom stereocenters. The molecule has 0 aromatic rings. The average molecular weight is 298 g/mol. The number of amides is 1. The maximum atomic E-state index is 12.6. The van der Waals surface area contributed by atoms with Crippen LogP contribution in [0.3, 0.4) is 0 Å². The van der Waals surface area contributed by atoms with E-state index in [1.165, 1.54) is 0 Å². The molecule has 0 bridgehead atoms. The van der Waals surface area contributed by atoms with Gasteiger partial charge in [0.2, 0.25) is 5.91 Å². The van der Waals surface area contributed by atoms with Crippen molar-refractivity contribution in [2.45, 2.75) is 46.5 Å². The molecule has 1 aliphatic carbocycles. The molecule has 0 heterocycles. The molecular formula is C16H30N2O3. The minimum atomic E-state index is -0.815. The molecule has 1 fully saturated rings. The number of rotatable bonds is 9. The van der Waals surface area contributed by atoms with E-state index in [-0.39, 0.29) is 11.8 Å². The van der Waals surface area contributed by atoms with Crippen LogP contribution in [0.15, 0.2) is 0 Å². The first kappa shape index (κ1) is 18.0. The SMILES string of the molecule is CCN(CC)CCCN(CC)C(=O)[C@@H]1CCC[C@@H]1C(=O)O. The van der Waals surface area contributed by atoms with E-state index < -0.39 is 11.9 Å². The Balaban J connectivity index is 2.51. The van der Waals surface area contributed by atoms with Crippen LogP contribution in [0.2, 0.25) is 0 Å². The Kier molecular flexibility index (Phi) is 7.72. The normalized spacial score (nSPS) is 21.7. The summed E-state index contributed by atoms with van der Waals surface area (Å²) in [6, 6.07) is 0. The quantitative estimate of drug-likeness (QED) is 0.708. The fourth-order valence-electron chi connectivity index (χ4n) is 3.23. The van der Waals surface area contributed by atoms with E-state index in [0.717, 1.165) is 45.4 Å². The highest BCUT2D eigenvalue weighted by Crippen LogP contribution is 2.33. The fourth-order valence-corrected chi connectivity index (χ4v) is 3.23. The Labute approximate surface area is 128 Å². The van der Waals surface area contributed by atoms with E-state index in [4.69, 9.17) is 0 Å². The summed E-state index contributed by atoms with van der Waals surface area (Å²) in [5.41, 5.74) is 0. The molecule has 5 heteroatoms. The van der Waals surface area contributed by atoms with Gasteiger partial charge in [0.1, 0.15) is 0 Å². The Morgan fingerprint density at radius 1 is 1.00 bits per heavy atom. The van der Waals surface area contributed by atoms with Crippen molar-refractivity contribution in [1.29, 1.82) is 0 Å². The monoisotopic (exact) mass is 298 g/mol. The number of carboxylic acid groups (broad SMARTS) is 1. The molecule has 0 spiro atoms. The van der Waals surface area contributed by atoms with E-state index in [1.807, 2.05) is 11.8 Å². The average Bonchev–Trinajstić information content (AvgIpc) is 2.96. The Morgan fingerprint density at radius 3 is 2.14 bits per heavy atom. The third-order valence-corrected chi connectivity index (χ3v) is 4.64. The van der Waals surface area contributed by atoms with Crippen LogP contribution in [-0.4, -0.2) is 59.5 Å². The van der Waals surface area contributed by atoms with Crippen LogP contribution in [-0.2, 0) is 9.59 Å². The van der Waals surface area contributed by atoms with Gasteiger partial charge in [-0.1, -0.05) is 20.3 Å². The van der Waals surface area contributed by atoms with Crippen molar-refractivity contribution < 1.29 is 14.7 Å². The predicted molar refractivity (Wildman–Crippen MR) is 83.1 cm³/mol. The van der Waals surface area contributed by atoms with Crippen LogP contribution in [0.5, 0.6) is 0 Å². The Morgan fingerprint density at radius 2 is 1.62 bits per heavy atom. The molecule has 1 amide bonds. The van der Waals surface area contributed by atoms with Gasteiger partial charge >= 0.3 is 5.97 Å². The van der Waals surface area contributed by atoms with Gasteiger partial charge in [-0.3, -0.25) is 9.59 Å². The van der Waals surface area contributed by atoms with Gasteiger partial charge in [-0.25, -0.2) is 0 Å². The van der Waals surface area contributed by atoms with E-state index in [1.54, 1.807) is 0 Å². The van der Waals surface area contributed by atoms with Crippen LogP contribution in [0.25, 0.3) is 0 Å². The van der Waals surface area contributed by atoms with Crippen LogP contribution < -0.4 is 0 Å². The van der Waals surface area contributed by atoms with Gasteiger partial charge in [0.05, 0.1) is 11.8 Å². The van der Waals surface area contributed by atoms with Crippen LogP contribution >= 0.6 is 0 Å². The number of hydrogen-bond donors (Lipinski definition) is 1. The lowest BCUT2D eigenvalue weighted by Gasteiger charge is -2.27. The van der Waals surface area contributed by atoms with Gasteiger partial charge in [-0.15, -0.1) is 0 Å². The highest BCUT2D eigenvalue weighted by atomic mass is 16.4. The minimum Gasteiger partial charge on any atom is -0.481 e. The highest BCUT2D eigenvalue weighted by molar-refractivity contribution is 5.85. The summed E-state index contributed by atoms with van der Waals surface area (Å²) in [7, 11) is 0. The molecule has 5 nitrogen and oxygen atoms in total. The summed E-state index contributed by atoms with van der Waals surface area (Å²) in [6.07, 6.45) is 3.17. The van der Waals surface area contributed by atoms with Crippen molar-refractivity contribution in [1.82, 2.24) is 9.80 Å². The molecule has 1 N–H and O–H groups in total. The molecule has 0 unspecified atom stereocenters. The third kappa shape index (κ3) is 4.99. The number of carbonyl (C=O) groups excluding carboxylic acids is 1. The summed E-state index contributed by atoms with van der Waals surface area (Å²) in [5.74, 6) is -1.56. The topological polar surface area (TPSA) is 60.9 Å². The largest absolute Gasteiger partial charge is 0.481 e. The lowest BCUT2D eigenvalue weighted by Crippen LogP contribution is -2.40. The summed E-state index contributed by atoms with van der Waals surface area (Å²) in [4.78, 5) is 28.0. The van der Waals surface area contributed by atoms with E-state index in [2.05, 4.69) is 18.7 Å². The lowest BCUT2D eigenvalue weighted by molar-refractivity contribution is -0.149. The predicted octanol–water partition coefficient (Wildman–Crippen LogP) is 2.07.